The van der Waals surface area contributed by atoms with Gasteiger partial charge in [-0.25, -0.2) is 0 Å². The lowest BCUT2D eigenvalue weighted by Gasteiger charge is -2.23. The predicted octanol–water partition coefficient (Wildman–Crippen LogP) is 1.15. The van der Waals surface area contributed by atoms with Crippen molar-refractivity contribution in [2.24, 2.45) is 11.7 Å². The van der Waals surface area contributed by atoms with E-state index in [-0.39, 0.29) is 18.4 Å². The van der Waals surface area contributed by atoms with Gasteiger partial charge in [0.05, 0.1) is 18.3 Å². The summed E-state index contributed by atoms with van der Waals surface area (Å²) >= 11 is 0. The van der Waals surface area contributed by atoms with Gasteiger partial charge in [-0.15, -0.1) is 0 Å². The minimum Gasteiger partial charge on any atom is -0.368 e. The highest BCUT2D eigenvalue weighted by atomic mass is 16.2. The Balaban J connectivity index is 2.26. The summed E-state index contributed by atoms with van der Waals surface area (Å²) in [7, 11) is 0. The summed E-state index contributed by atoms with van der Waals surface area (Å²) < 4.78 is 0. The Morgan fingerprint density at radius 2 is 2.15 bits per heavy atom. The minimum atomic E-state index is -0.512. The minimum absolute atomic E-state index is 0.0714. The first-order chi connectivity index (χ1) is 9.47. The van der Waals surface area contributed by atoms with Gasteiger partial charge in [-0.2, -0.15) is 5.10 Å². The van der Waals surface area contributed by atoms with Gasteiger partial charge in [-0.05, 0) is 18.1 Å². The maximum Gasteiger partial charge on any atom is 0.254 e. The number of hydrogen-bond acceptors (Lipinski definition) is 3. The number of nitrogens with zero attached hydrogens (tertiary/aromatic N) is 2. The highest BCUT2D eigenvalue weighted by Gasteiger charge is 2.19. The molecule has 0 saturated heterocycles. The summed E-state index contributed by atoms with van der Waals surface area (Å²) in [5.74, 6) is -0.454. The Kier molecular flexibility index (Phi) is 4.02. The SMILES string of the molecule is CC(C)CN(CC(N)=O)C(=O)c1ccc2cn[nH]c2c1. The van der Waals surface area contributed by atoms with E-state index in [1.807, 2.05) is 19.9 Å². The molecule has 0 aliphatic heterocycles. The zero-order valence-corrected chi connectivity index (χ0v) is 11.6. The van der Waals surface area contributed by atoms with Crippen LogP contribution in [0, 0.1) is 5.92 Å². The molecule has 0 saturated carbocycles. The van der Waals surface area contributed by atoms with Crippen LogP contribution in [0.3, 0.4) is 0 Å². The molecule has 0 unspecified atom stereocenters. The van der Waals surface area contributed by atoms with Gasteiger partial charge in [0.1, 0.15) is 0 Å². The van der Waals surface area contributed by atoms with Gasteiger partial charge in [0, 0.05) is 17.5 Å². The number of nitrogens with one attached hydrogen (secondary N) is 1. The van der Waals surface area contributed by atoms with Crippen molar-refractivity contribution in [1.82, 2.24) is 15.1 Å². The molecule has 20 heavy (non-hydrogen) atoms. The number of amides is 2. The standard InChI is InChI=1S/C14H18N4O2/c1-9(2)7-18(8-13(15)19)14(20)10-3-4-11-6-16-17-12(11)5-10/h3-6,9H,7-8H2,1-2H3,(H2,15,19)(H,16,17). The molecule has 1 aromatic heterocycles. The number of nitrogens with two attached hydrogens (primary N) is 1. The normalized spacial score (nSPS) is 10.9. The lowest BCUT2D eigenvalue weighted by molar-refractivity contribution is -0.118. The second-order valence-corrected chi connectivity index (χ2v) is 5.22. The van der Waals surface area contributed by atoms with E-state index in [9.17, 15) is 9.59 Å². The van der Waals surface area contributed by atoms with Crippen molar-refractivity contribution in [1.29, 1.82) is 0 Å². The Morgan fingerprint density at radius 1 is 1.40 bits per heavy atom. The molecule has 0 aliphatic carbocycles. The fraction of sp³-hybridized carbons (Fsp3) is 0.357. The molecule has 0 fully saturated rings. The van der Waals surface area contributed by atoms with Crippen LogP contribution >= 0.6 is 0 Å². The van der Waals surface area contributed by atoms with E-state index in [1.165, 1.54) is 4.90 Å². The number of hydrogen-bond donors (Lipinski definition) is 2. The van der Waals surface area contributed by atoms with Crippen LogP contribution in [0.15, 0.2) is 24.4 Å². The van der Waals surface area contributed by atoms with Crippen molar-refractivity contribution < 1.29 is 9.59 Å². The number of fused-ring (bicyclic) bond motifs is 1. The molecular weight excluding hydrogens is 256 g/mol. The first kappa shape index (κ1) is 14.0. The van der Waals surface area contributed by atoms with E-state index in [2.05, 4.69) is 10.2 Å². The van der Waals surface area contributed by atoms with E-state index < -0.39 is 5.91 Å². The number of primary amides is 1. The maximum absolute atomic E-state index is 12.5. The molecule has 0 bridgehead atoms. The first-order valence-corrected chi connectivity index (χ1v) is 6.48. The third kappa shape index (κ3) is 3.14. The van der Waals surface area contributed by atoms with Gasteiger partial charge < -0.3 is 10.6 Å². The van der Waals surface area contributed by atoms with Crippen LogP contribution in [-0.4, -0.2) is 40.0 Å². The van der Waals surface area contributed by atoms with Crippen LogP contribution in [0.25, 0.3) is 10.9 Å². The predicted molar refractivity (Wildman–Crippen MR) is 76.0 cm³/mol. The van der Waals surface area contributed by atoms with Crippen LogP contribution < -0.4 is 5.73 Å². The Morgan fingerprint density at radius 3 is 2.80 bits per heavy atom. The van der Waals surface area contributed by atoms with Crippen LogP contribution in [0.4, 0.5) is 0 Å². The number of carbonyl (C=O) groups is 2. The highest BCUT2D eigenvalue weighted by Crippen LogP contribution is 2.15. The van der Waals surface area contributed by atoms with Crippen molar-refractivity contribution in [2.45, 2.75) is 13.8 Å². The summed E-state index contributed by atoms with van der Waals surface area (Å²) in [6.07, 6.45) is 1.69. The van der Waals surface area contributed by atoms with Crippen LogP contribution in [-0.2, 0) is 4.79 Å². The van der Waals surface area contributed by atoms with E-state index in [0.29, 0.717) is 12.1 Å². The summed E-state index contributed by atoms with van der Waals surface area (Å²) in [5.41, 5.74) is 6.52. The van der Waals surface area contributed by atoms with Gasteiger partial charge >= 0.3 is 0 Å². The molecule has 2 rings (SSSR count). The van der Waals surface area contributed by atoms with Crippen LogP contribution in [0.5, 0.6) is 0 Å². The Hall–Kier alpha value is -2.37. The summed E-state index contributed by atoms with van der Waals surface area (Å²) in [6.45, 7) is 4.39. The quantitative estimate of drug-likeness (QED) is 0.856. The van der Waals surface area contributed by atoms with Crippen molar-refractivity contribution in [2.75, 3.05) is 13.1 Å². The average Bonchev–Trinajstić information content (AvgIpc) is 2.83. The number of H-pyrrole nitrogens is 1. The number of benzene rings is 1. The maximum atomic E-state index is 12.5. The molecule has 1 heterocycles. The largest absolute Gasteiger partial charge is 0.368 e. The van der Waals surface area contributed by atoms with Gasteiger partial charge in [-0.3, -0.25) is 14.7 Å². The van der Waals surface area contributed by atoms with E-state index in [4.69, 9.17) is 5.73 Å². The second-order valence-electron chi connectivity index (χ2n) is 5.22. The molecule has 0 aliphatic rings. The van der Waals surface area contributed by atoms with Crippen LogP contribution in [0.1, 0.15) is 24.2 Å². The Bertz CT molecular complexity index is 633. The molecule has 3 N–H and O–H groups in total. The number of rotatable bonds is 5. The van der Waals surface area contributed by atoms with Crippen molar-refractivity contribution >= 4 is 22.7 Å². The smallest absolute Gasteiger partial charge is 0.254 e. The highest BCUT2D eigenvalue weighted by molar-refractivity contribution is 5.99. The molecule has 106 valence electrons. The lowest BCUT2D eigenvalue weighted by Crippen LogP contribution is -2.40. The lowest BCUT2D eigenvalue weighted by atomic mass is 10.1. The molecular formula is C14H18N4O2. The number of aromatic amines is 1. The van der Waals surface area contributed by atoms with Crippen molar-refractivity contribution in [3.05, 3.63) is 30.0 Å². The topological polar surface area (TPSA) is 92.1 Å². The van der Waals surface area contributed by atoms with E-state index in [1.54, 1.807) is 18.3 Å². The monoisotopic (exact) mass is 274 g/mol. The molecule has 6 nitrogen and oxygen atoms in total. The van der Waals surface area contributed by atoms with Crippen molar-refractivity contribution in [3.8, 4) is 0 Å². The summed E-state index contributed by atoms with van der Waals surface area (Å²) in [6, 6.07) is 5.29. The Labute approximate surface area is 116 Å². The third-order valence-electron chi connectivity index (χ3n) is 2.91. The first-order valence-electron chi connectivity index (χ1n) is 6.48. The van der Waals surface area contributed by atoms with E-state index >= 15 is 0 Å². The number of aromatic nitrogens is 2. The molecule has 2 amide bonds. The molecule has 0 atom stereocenters. The van der Waals surface area contributed by atoms with Crippen molar-refractivity contribution in [3.63, 3.8) is 0 Å². The second kappa shape index (κ2) is 5.73. The zero-order chi connectivity index (χ0) is 14.7. The number of carbonyl (C=O) groups excluding carboxylic acids is 2. The van der Waals surface area contributed by atoms with Crippen LogP contribution in [0.2, 0.25) is 0 Å². The molecule has 0 spiro atoms. The summed E-state index contributed by atoms with van der Waals surface area (Å²) in [5, 5.41) is 7.68. The van der Waals surface area contributed by atoms with Gasteiger partial charge in [-0.1, -0.05) is 19.9 Å². The molecule has 0 radical (unpaired) electrons. The zero-order valence-electron chi connectivity index (χ0n) is 11.6. The fourth-order valence-electron chi connectivity index (χ4n) is 2.10. The van der Waals surface area contributed by atoms with E-state index in [0.717, 1.165) is 10.9 Å². The summed E-state index contributed by atoms with van der Waals surface area (Å²) in [4.78, 5) is 25.1. The fourth-order valence-corrected chi connectivity index (χ4v) is 2.10. The molecule has 6 heteroatoms. The molecule has 2 aromatic rings. The molecule has 1 aromatic carbocycles. The third-order valence-corrected chi connectivity index (χ3v) is 2.91. The van der Waals surface area contributed by atoms with Gasteiger partial charge in [0.25, 0.3) is 5.91 Å². The average molecular weight is 274 g/mol. The van der Waals surface area contributed by atoms with Gasteiger partial charge in [0.2, 0.25) is 5.91 Å². The van der Waals surface area contributed by atoms with Gasteiger partial charge in [0.15, 0.2) is 0 Å².